The van der Waals surface area contributed by atoms with E-state index in [9.17, 15) is 15.0 Å². The first-order chi connectivity index (χ1) is 11.8. The summed E-state index contributed by atoms with van der Waals surface area (Å²) in [4.78, 5) is 11.7. The molecule has 6 heteroatoms. The van der Waals surface area contributed by atoms with Crippen LogP contribution in [0, 0.1) is 0 Å². The Morgan fingerprint density at radius 1 is 1.28 bits per heavy atom. The summed E-state index contributed by atoms with van der Waals surface area (Å²) in [7, 11) is 0. The molecule has 2 bridgehead atoms. The normalized spacial score (nSPS) is 38.5. The zero-order valence-corrected chi connectivity index (χ0v) is 16.3. The summed E-state index contributed by atoms with van der Waals surface area (Å²) in [5.41, 5.74) is -1.17. The van der Waals surface area contributed by atoms with Crippen molar-refractivity contribution in [1.29, 1.82) is 0 Å². The second kappa shape index (κ2) is 7.77. The molecule has 6 atom stereocenters. The molecule has 0 aliphatic carbocycles. The van der Waals surface area contributed by atoms with Gasteiger partial charge in [-0.05, 0) is 0 Å². The van der Waals surface area contributed by atoms with Crippen LogP contribution < -0.4 is 4.46 Å². The number of benzene rings is 1. The molecule has 0 aromatic heterocycles. The predicted octanol–water partition coefficient (Wildman–Crippen LogP) is 1.19. The second-order valence-corrected chi connectivity index (χ2v) is 9.98. The van der Waals surface area contributed by atoms with Gasteiger partial charge in [-0.1, -0.05) is 0 Å². The van der Waals surface area contributed by atoms with E-state index < -0.39 is 23.8 Å². The van der Waals surface area contributed by atoms with Crippen LogP contribution in [0.4, 0.5) is 0 Å². The third-order valence-corrected chi connectivity index (χ3v) is 7.85. The molecule has 2 saturated heterocycles. The molecule has 2 N–H and O–H groups in total. The number of hydrogen-bond donors (Lipinski definition) is 2. The van der Waals surface area contributed by atoms with Crippen molar-refractivity contribution in [3.05, 3.63) is 30.3 Å². The van der Waals surface area contributed by atoms with Gasteiger partial charge in [0.05, 0.1) is 0 Å². The Balaban J connectivity index is 1.79. The van der Waals surface area contributed by atoms with E-state index in [0.29, 0.717) is 19.3 Å². The predicted molar refractivity (Wildman–Crippen MR) is 94.9 cm³/mol. The maximum atomic E-state index is 11.4. The topological polar surface area (TPSA) is 76.0 Å². The van der Waals surface area contributed by atoms with Crippen molar-refractivity contribution in [2.75, 3.05) is 0 Å². The molecule has 3 rings (SSSR count). The second-order valence-electron chi connectivity index (χ2n) is 7.22. The van der Waals surface area contributed by atoms with Crippen molar-refractivity contribution >= 4 is 25.4 Å². The van der Waals surface area contributed by atoms with Gasteiger partial charge in [-0.2, -0.15) is 0 Å². The van der Waals surface area contributed by atoms with Crippen molar-refractivity contribution in [3.8, 4) is 0 Å². The molecule has 2 heterocycles. The van der Waals surface area contributed by atoms with Gasteiger partial charge in [-0.25, -0.2) is 0 Å². The summed E-state index contributed by atoms with van der Waals surface area (Å²) in [6, 6.07) is 10.3. The molecule has 5 nitrogen and oxygen atoms in total. The molecule has 2 fully saturated rings. The van der Waals surface area contributed by atoms with Crippen molar-refractivity contribution < 1.29 is 24.5 Å². The fourth-order valence-corrected chi connectivity index (χ4v) is 6.37. The van der Waals surface area contributed by atoms with E-state index in [1.165, 1.54) is 11.4 Å². The SMILES string of the molecule is CC(=O)O[C@H]1CC[C@H](O)[C@H]2C[C@H]([Se]c3ccccc3)[C@@H](C[C@@]1(C)O)O2. The number of carbonyl (C=O) groups is 1. The van der Waals surface area contributed by atoms with E-state index in [2.05, 4.69) is 12.1 Å². The Hall–Kier alpha value is -0.911. The summed E-state index contributed by atoms with van der Waals surface area (Å²) in [6.07, 6.45) is 0.574. The van der Waals surface area contributed by atoms with Crippen LogP contribution in [0.2, 0.25) is 4.82 Å². The Morgan fingerprint density at radius 2 is 2.00 bits per heavy atom. The average molecular weight is 413 g/mol. The van der Waals surface area contributed by atoms with Crippen molar-refractivity contribution in [2.24, 2.45) is 0 Å². The van der Waals surface area contributed by atoms with Gasteiger partial charge >= 0.3 is 155 Å². The van der Waals surface area contributed by atoms with Crippen LogP contribution in [-0.2, 0) is 14.3 Å². The van der Waals surface area contributed by atoms with Gasteiger partial charge in [0.25, 0.3) is 0 Å². The zero-order chi connectivity index (χ0) is 18.0. The number of ether oxygens (including phenoxy) is 2. The van der Waals surface area contributed by atoms with Gasteiger partial charge in [-0.15, -0.1) is 0 Å². The molecular formula is C19H26O5Se. The van der Waals surface area contributed by atoms with Crippen LogP contribution >= 0.6 is 0 Å². The van der Waals surface area contributed by atoms with Crippen molar-refractivity contribution in [3.63, 3.8) is 0 Å². The minimum absolute atomic E-state index is 0.133. The monoisotopic (exact) mass is 414 g/mol. The Labute approximate surface area is 154 Å². The molecule has 0 saturated carbocycles. The molecule has 0 unspecified atom stereocenters. The van der Waals surface area contributed by atoms with Crippen LogP contribution in [-0.4, -0.2) is 61.2 Å². The van der Waals surface area contributed by atoms with Crippen LogP contribution in [0.15, 0.2) is 30.3 Å². The Bertz CT molecular complexity index is 591. The van der Waals surface area contributed by atoms with E-state index in [4.69, 9.17) is 9.47 Å². The van der Waals surface area contributed by atoms with Crippen molar-refractivity contribution in [1.82, 2.24) is 0 Å². The molecule has 0 radical (unpaired) electrons. The van der Waals surface area contributed by atoms with E-state index in [0.717, 1.165) is 6.42 Å². The number of carbonyl (C=O) groups excluding carboxylic acids is 1. The summed E-state index contributed by atoms with van der Waals surface area (Å²) in [6.45, 7) is 3.06. The molecule has 25 heavy (non-hydrogen) atoms. The summed E-state index contributed by atoms with van der Waals surface area (Å²) in [5, 5.41) is 21.5. The maximum absolute atomic E-state index is 11.4. The standard InChI is InChI=1S/C19H26O5Se/c1-12(20)23-18-9-8-14(21)15-10-17(16(24-15)11-19(18,2)22)25-13-6-4-3-5-7-13/h3-7,14-18,21-22H,8-11H2,1-2H3/t14-,15+,16+,17-,18-,19+/m0/s1. The number of rotatable bonds is 3. The Kier molecular flexibility index (Phi) is 5.86. The van der Waals surface area contributed by atoms with Crippen LogP contribution in [0.5, 0.6) is 0 Å². The van der Waals surface area contributed by atoms with Crippen LogP contribution in [0.1, 0.15) is 39.5 Å². The molecule has 2 aliphatic rings. The van der Waals surface area contributed by atoms with Gasteiger partial charge in [0.2, 0.25) is 0 Å². The van der Waals surface area contributed by atoms with Gasteiger partial charge < -0.3 is 0 Å². The number of aliphatic hydroxyl groups excluding tert-OH is 1. The fourth-order valence-electron chi connectivity index (χ4n) is 3.72. The number of hydrogen-bond acceptors (Lipinski definition) is 5. The zero-order valence-electron chi connectivity index (χ0n) is 14.6. The Morgan fingerprint density at radius 3 is 2.68 bits per heavy atom. The number of esters is 1. The van der Waals surface area contributed by atoms with Crippen molar-refractivity contribution in [2.45, 2.75) is 74.4 Å². The first-order valence-corrected chi connectivity index (χ1v) is 10.6. The third kappa shape index (κ3) is 4.63. The summed E-state index contributed by atoms with van der Waals surface area (Å²) in [5.74, 6) is -0.407. The summed E-state index contributed by atoms with van der Waals surface area (Å²) >= 11 is 0.201. The van der Waals surface area contributed by atoms with Crippen LogP contribution in [0.3, 0.4) is 0 Å². The molecule has 0 amide bonds. The van der Waals surface area contributed by atoms with E-state index in [1.807, 2.05) is 18.2 Å². The summed E-state index contributed by atoms with van der Waals surface area (Å²) < 4.78 is 12.8. The van der Waals surface area contributed by atoms with Gasteiger partial charge in [-0.3, -0.25) is 0 Å². The fraction of sp³-hybridized carbons (Fsp3) is 0.632. The average Bonchev–Trinajstić information content (AvgIpc) is 2.94. The third-order valence-electron chi connectivity index (χ3n) is 5.03. The van der Waals surface area contributed by atoms with Crippen LogP contribution in [0.25, 0.3) is 0 Å². The molecule has 1 aromatic carbocycles. The van der Waals surface area contributed by atoms with E-state index in [1.54, 1.807) is 6.92 Å². The molecule has 2 aliphatic heterocycles. The van der Waals surface area contributed by atoms with Gasteiger partial charge in [0.1, 0.15) is 0 Å². The molecule has 138 valence electrons. The van der Waals surface area contributed by atoms with Gasteiger partial charge in [0.15, 0.2) is 0 Å². The number of aliphatic hydroxyl groups is 2. The molecule has 1 aromatic rings. The molecule has 0 spiro atoms. The first-order valence-electron chi connectivity index (χ1n) is 8.80. The molecular weight excluding hydrogens is 387 g/mol. The van der Waals surface area contributed by atoms with Gasteiger partial charge in [0, 0.05) is 0 Å². The number of fused-ring (bicyclic) bond motifs is 2. The quantitative estimate of drug-likeness (QED) is 0.575. The first kappa shape index (κ1) is 18.9. The minimum atomic E-state index is -1.17. The van der Waals surface area contributed by atoms with E-state index in [-0.39, 0.29) is 32.0 Å². The van der Waals surface area contributed by atoms with E-state index >= 15 is 0 Å².